The predicted octanol–water partition coefficient (Wildman–Crippen LogP) is 6.80. The molecule has 0 saturated carbocycles. The summed E-state index contributed by atoms with van der Waals surface area (Å²) < 4.78 is 0. The summed E-state index contributed by atoms with van der Waals surface area (Å²) in [6, 6.07) is 20.8. The third-order valence-corrected chi connectivity index (χ3v) is 8.07. The van der Waals surface area contributed by atoms with E-state index in [2.05, 4.69) is 55.2 Å². The number of aromatic nitrogens is 3. The van der Waals surface area contributed by atoms with E-state index >= 15 is 0 Å². The van der Waals surface area contributed by atoms with Crippen LogP contribution in [0.2, 0.25) is 0 Å². The van der Waals surface area contributed by atoms with Gasteiger partial charge in [-0.25, -0.2) is 9.97 Å². The van der Waals surface area contributed by atoms with Crippen molar-refractivity contribution in [2.24, 2.45) is 11.8 Å². The van der Waals surface area contributed by atoms with Gasteiger partial charge in [-0.2, -0.15) is 5.26 Å². The van der Waals surface area contributed by atoms with Crippen LogP contribution in [-0.4, -0.2) is 20.7 Å². The van der Waals surface area contributed by atoms with Crippen molar-refractivity contribution in [1.29, 1.82) is 5.26 Å². The second kappa shape index (κ2) is 9.05. The number of fused-ring (bicyclic) bond motifs is 4. The van der Waals surface area contributed by atoms with Crippen molar-refractivity contribution in [3.8, 4) is 28.7 Å². The van der Waals surface area contributed by atoms with Crippen molar-refractivity contribution in [3.05, 3.63) is 89.3 Å². The van der Waals surface area contributed by atoms with E-state index in [1.165, 1.54) is 5.56 Å². The van der Waals surface area contributed by atoms with Crippen molar-refractivity contribution >= 4 is 16.7 Å². The van der Waals surface area contributed by atoms with Crippen LogP contribution >= 0.6 is 0 Å². The summed E-state index contributed by atoms with van der Waals surface area (Å²) >= 11 is 0. The van der Waals surface area contributed by atoms with Gasteiger partial charge >= 0.3 is 0 Å². The molecule has 0 radical (unpaired) electrons. The van der Waals surface area contributed by atoms with Gasteiger partial charge in [-0.15, -0.1) is 0 Å². The third-order valence-electron chi connectivity index (χ3n) is 8.07. The summed E-state index contributed by atoms with van der Waals surface area (Å²) in [5.41, 5.74) is 7.42. The normalized spacial score (nSPS) is 20.8. The summed E-state index contributed by atoms with van der Waals surface area (Å²) in [6.07, 6.45) is 5.34. The van der Waals surface area contributed by atoms with Crippen LogP contribution in [-0.2, 0) is 11.2 Å². The zero-order valence-corrected chi connectivity index (χ0v) is 21.3. The van der Waals surface area contributed by atoms with Crippen molar-refractivity contribution in [1.82, 2.24) is 15.0 Å². The lowest BCUT2D eigenvalue weighted by Gasteiger charge is -2.38. The number of carbonyl (C=O) groups is 1. The van der Waals surface area contributed by atoms with Gasteiger partial charge in [0.2, 0.25) is 0 Å². The first kappa shape index (κ1) is 23.2. The molecule has 2 aliphatic rings. The number of carbonyl (C=O) groups excluding carboxylic acids is 1. The standard InChI is InChI=1S/C32H28N4O/c1-18(2)20-8-10-21(11-9-20)29-26-13-12-23-19(3)31(37)22(17-33)16-27(23)30(26)36-32(35-29)25-14-15-34-28-7-5-4-6-24(25)28/h4-11,14-16,18-19,23,27H,12-13H2,1-3H3. The van der Waals surface area contributed by atoms with Crippen molar-refractivity contribution in [3.63, 3.8) is 0 Å². The highest BCUT2D eigenvalue weighted by Gasteiger charge is 2.42. The number of benzene rings is 2. The van der Waals surface area contributed by atoms with Gasteiger partial charge in [0, 0.05) is 40.1 Å². The van der Waals surface area contributed by atoms with E-state index < -0.39 is 0 Å². The summed E-state index contributed by atoms with van der Waals surface area (Å²) in [4.78, 5) is 27.7. The van der Waals surface area contributed by atoms with E-state index in [0.29, 0.717) is 11.7 Å². The molecule has 3 atom stereocenters. The molecule has 37 heavy (non-hydrogen) atoms. The minimum Gasteiger partial charge on any atom is -0.293 e. The fourth-order valence-electron chi connectivity index (χ4n) is 5.95. The average Bonchev–Trinajstić information content (AvgIpc) is 2.93. The number of para-hydroxylation sites is 1. The Morgan fingerprint density at radius 3 is 2.57 bits per heavy atom. The van der Waals surface area contributed by atoms with Gasteiger partial charge in [-0.05, 0) is 42.4 Å². The SMILES string of the molecule is CC(C)c1ccc(-c2nc(-c3ccnc4ccccc34)nc3c2CCC2C(C)C(=O)C(C#N)=CC32)cc1. The Balaban J connectivity index is 1.61. The molecule has 182 valence electrons. The molecule has 0 spiro atoms. The zero-order valence-electron chi connectivity index (χ0n) is 21.3. The maximum Gasteiger partial charge on any atom is 0.176 e. The number of hydrogen-bond donors (Lipinski definition) is 0. The van der Waals surface area contributed by atoms with Crippen LogP contribution in [0.4, 0.5) is 0 Å². The fraction of sp³-hybridized carbons (Fsp3) is 0.281. The highest BCUT2D eigenvalue weighted by molar-refractivity contribution is 6.02. The smallest absolute Gasteiger partial charge is 0.176 e. The topological polar surface area (TPSA) is 79.5 Å². The number of ketones is 1. The molecular weight excluding hydrogens is 456 g/mol. The highest BCUT2D eigenvalue weighted by Crippen LogP contribution is 2.47. The first-order valence-corrected chi connectivity index (χ1v) is 13.0. The van der Waals surface area contributed by atoms with Gasteiger partial charge in [0.25, 0.3) is 0 Å². The maximum atomic E-state index is 12.8. The molecule has 3 unspecified atom stereocenters. The minimum atomic E-state index is -0.202. The number of pyridine rings is 1. The summed E-state index contributed by atoms with van der Waals surface area (Å²) in [5, 5.41) is 10.7. The van der Waals surface area contributed by atoms with Gasteiger partial charge in [-0.1, -0.05) is 69.3 Å². The van der Waals surface area contributed by atoms with Crippen LogP contribution in [0.5, 0.6) is 0 Å². The van der Waals surface area contributed by atoms with Crippen molar-refractivity contribution in [2.45, 2.75) is 45.4 Å². The van der Waals surface area contributed by atoms with Crippen LogP contribution in [0.25, 0.3) is 33.5 Å². The Bertz CT molecular complexity index is 1610. The summed E-state index contributed by atoms with van der Waals surface area (Å²) in [7, 11) is 0. The molecule has 5 nitrogen and oxygen atoms in total. The first-order valence-electron chi connectivity index (χ1n) is 13.0. The van der Waals surface area contributed by atoms with E-state index in [0.717, 1.165) is 51.8 Å². The van der Waals surface area contributed by atoms with Crippen LogP contribution in [0, 0.1) is 23.2 Å². The van der Waals surface area contributed by atoms with E-state index in [9.17, 15) is 10.1 Å². The molecule has 0 amide bonds. The van der Waals surface area contributed by atoms with Gasteiger partial charge in [0.15, 0.2) is 11.6 Å². The van der Waals surface area contributed by atoms with E-state index in [-0.39, 0.29) is 29.1 Å². The molecule has 2 heterocycles. The Kier molecular flexibility index (Phi) is 5.68. The lowest BCUT2D eigenvalue weighted by Crippen LogP contribution is -2.35. The summed E-state index contributed by atoms with van der Waals surface area (Å²) in [5.74, 6) is 0.888. The van der Waals surface area contributed by atoms with E-state index in [1.54, 1.807) is 6.20 Å². The molecule has 0 saturated heterocycles. The van der Waals surface area contributed by atoms with E-state index in [4.69, 9.17) is 9.97 Å². The molecule has 0 aliphatic heterocycles. The second-order valence-electron chi connectivity index (χ2n) is 10.5. The Morgan fingerprint density at radius 2 is 1.81 bits per heavy atom. The van der Waals surface area contributed by atoms with Crippen LogP contribution in [0.1, 0.15) is 55.8 Å². The van der Waals surface area contributed by atoms with Crippen LogP contribution < -0.4 is 0 Å². The first-order chi connectivity index (χ1) is 18.0. The van der Waals surface area contributed by atoms with Gasteiger partial charge in [-0.3, -0.25) is 9.78 Å². The Morgan fingerprint density at radius 1 is 1.03 bits per heavy atom. The third kappa shape index (κ3) is 3.84. The van der Waals surface area contributed by atoms with Crippen molar-refractivity contribution < 1.29 is 4.79 Å². The number of allylic oxidation sites excluding steroid dienone is 2. The Labute approximate surface area is 216 Å². The lowest BCUT2D eigenvalue weighted by molar-refractivity contribution is -0.120. The molecule has 2 aliphatic carbocycles. The molecular formula is C32H28N4O. The number of nitrogens with zero attached hydrogens (tertiary/aromatic N) is 4. The minimum absolute atomic E-state index is 0.0499. The van der Waals surface area contributed by atoms with Crippen LogP contribution in [0.15, 0.2) is 72.4 Å². The number of Topliss-reactive ketones (excluding diaryl/α,β-unsaturated/α-hetero) is 1. The number of hydrogen-bond acceptors (Lipinski definition) is 5. The highest BCUT2D eigenvalue weighted by atomic mass is 16.1. The average molecular weight is 485 g/mol. The quantitative estimate of drug-likeness (QED) is 0.320. The monoisotopic (exact) mass is 484 g/mol. The molecule has 0 N–H and O–H groups in total. The van der Waals surface area contributed by atoms with Crippen molar-refractivity contribution in [2.75, 3.05) is 0 Å². The fourth-order valence-corrected chi connectivity index (χ4v) is 5.95. The van der Waals surface area contributed by atoms with Gasteiger partial charge in [0.1, 0.15) is 6.07 Å². The summed E-state index contributed by atoms with van der Waals surface area (Å²) in [6.45, 7) is 6.34. The molecule has 0 bridgehead atoms. The zero-order chi connectivity index (χ0) is 25.7. The number of rotatable bonds is 3. The largest absolute Gasteiger partial charge is 0.293 e. The molecule has 6 rings (SSSR count). The Hall–Kier alpha value is -4.17. The van der Waals surface area contributed by atoms with Gasteiger partial charge < -0.3 is 0 Å². The molecule has 2 aromatic carbocycles. The molecule has 5 heteroatoms. The van der Waals surface area contributed by atoms with E-state index in [1.807, 2.05) is 37.3 Å². The van der Waals surface area contributed by atoms with Crippen LogP contribution in [0.3, 0.4) is 0 Å². The van der Waals surface area contributed by atoms with Gasteiger partial charge in [0.05, 0.1) is 22.5 Å². The molecule has 4 aromatic rings. The molecule has 2 aromatic heterocycles. The molecule has 0 fully saturated rings. The predicted molar refractivity (Wildman–Crippen MR) is 145 cm³/mol. The second-order valence-corrected chi connectivity index (χ2v) is 10.5. The number of nitriles is 1. The lowest BCUT2D eigenvalue weighted by atomic mass is 9.66. The maximum absolute atomic E-state index is 12.8.